The number of benzene rings is 1. The van der Waals surface area contributed by atoms with Gasteiger partial charge in [-0.3, -0.25) is 10.1 Å². The van der Waals surface area contributed by atoms with Crippen LogP contribution in [0, 0.1) is 0 Å². The summed E-state index contributed by atoms with van der Waals surface area (Å²) >= 11 is 1.24. The van der Waals surface area contributed by atoms with Crippen molar-refractivity contribution in [3.8, 4) is 16.5 Å². The number of rotatable bonds is 15. The summed E-state index contributed by atoms with van der Waals surface area (Å²) in [5.41, 5.74) is 1.03. The van der Waals surface area contributed by atoms with E-state index < -0.39 is 15.7 Å². The van der Waals surface area contributed by atoms with Crippen LogP contribution in [-0.4, -0.2) is 89.0 Å². The van der Waals surface area contributed by atoms with E-state index in [1.807, 2.05) is 19.2 Å². The molecule has 0 aliphatic carbocycles. The lowest BCUT2D eigenvalue weighted by molar-refractivity contribution is -0.110. The number of oxime groups is 1. The monoisotopic (exact) mass is 603 g/mol. The Morgan fingerprint density at radius 2 is 2.02 bits per heavy atom. The molecule has 1 atom stereocenters. The third-order valence-electron chi connectivity index (χ3n) is 5.95. The van der Waals surface area contributed by atoms with Crippen molar-refractivity contribution in [1.29, 1.82) is 0 Å². The summed E-state index contributed by atoms with van der Waals surface area (Å²) in [4.78, 5) is 28.7. The van der Waals surface area contributed by atoms with Crippen LogP contribution in [0.25, 0.3) is 10.6 Å². The molecule has 1 aliphatic rings. The molecule has 0 radical (unpaired) electrons. The van der Waals surface area contributed by atoms with Crippen molar-refractivity contribution in [3.05, 3.63) is 54.2 Å². The summed E-state index contributed by atoms with van der Waals surface area (Å²) < 4.78 is 41.2. The molecule has 1 saturated heterocycles. The minimum absolute atomic E-state index is 0.0185. The van der Waals surface area contributed by atoms with Crippen molar-refractivity contribution < 1.29 is 32.3 Å². The van der Waals surface area contributed by atoms with Gasteiger partial charge < -0.3 is 24.4 Å². The van der Waals surface area contributed by atoms with Gasteiger partial charge in [0.15, 0.2) is 26.8 Å². The Morgan fingerprint density at radius 1 is 1.20 bits per heavy atom. The van der Waals surface area contributed by atoms with Crippen molar-refractivity contribution >= 4 is 37.9 Å². The maximum absolute atomic E-state index is 13.4. The first-order valence-corrected chi connectivity index (χ1v) is 15.5. The SMILES string of the molecule is CNCCOc1cccc(-c2cnc(NC(=O)C(=NO[C@@H]3CCOC3)c3ccc(S(=O)(=O)CCCOC)cc3)s2)n1. The molecular formula is C27H33N5O7S2. The largest absolute Gasteiger partial charge is 0.476 e. The molecule has 1 aliphatic heterocycles. The fourth-order valence-corrected chi connectivity index (χ4v) is 5.84. The number of thiazole rings is 1. The normalized spacial score (nSPS) is 15.6. The van der Waals surface area contributed by atoms with E-state index in [0.717, 1.165) is 4.88 Å². The summed E-state index contributed by atoms with van der Waals surface area (Å²) in [6.45, 7) is 2.44. The highest BCUT2D eigenvalue weighted by Gasteiger charge is 2.22. The fraction of sp³-hybridized carbons (Fsp3) is 0.407. The van der Waals surface area contributed by atoms with Gasteiger partial charge in [0, 0.05) is 44.5 Å². The first kappa shape index (κ1) is 30.5. The van der Waals surface area contributed by atoms with E-state index in [0.29, 0.717) is 68.1 Å². The van der Waals surface area contributed by atoms with E-state index in [4.69, 9.17) is 19.0 Å². The number of hydrogen-bond donors (Lipinski definition) is 2. The van der Waals surface area contributed by atoms with Crippen molar-refractivity contribution in [3.63, 3.8) is 0 Å². The molecule has 2 aromatic heterocycles. The first-order chi connectivity index (χ1) is 19.9. The van der Waals surface area contributed by atoms with Gasteiger partial charge in [-0.1, -0.05) is 34.7 Å². The second kappa shape index (κ2) is 15.0. The van der Waals surface area contributed by atoms with Gasteiger partial charge in [0.05, 0.1) is 34.4 Å². The standard InChI is InChI=1S/C27H33N5O7S2/c1-28-12-15-38-24-6-3-5-22(30-24)23-17-29-27(40-23)31-26(33)25(32-39-20-11-14-37-18-20)19-7-9-21(10-8-19)41(34,35)16-4-13-36-2/h3,5-10,17,20,28H,4,11-16,18H2,1-2H3,(H,29,31,33)/t20-/m1/s1. The molecule has 0 saturated carbocycles. The Hall–Kier alpha value is -3.43. The second-order valence-electron chi connectivity index (χ2n) is 9.02. The summed E-state index contributed by atoms with van der Waals surface area (Å²) in [5.74, 6) is -0.112. The van der Waals surface area contributed by atoms with E-state index in [-0.39, 0.29) is 22.5 Å². The number of nitrogens with one attached hydrogen (secondary N) is 2. The van der Waals surface area contributed by atoms with Gasteiger partial charge in [-0.25, -0.2) is 18.4 Å². The average molecular weight is 604 g/mol. The first-order valence-electron chi connectivity index (χ1n) is 13.1. The number of carbonyl (C=O) groups excluding carboxylic acids is 1. The predicted molar refractivity (Wildman–Crippen MR) is 155 cm³/mol. The summed E-state index contributed by atoms with van der Waals surface area (Å²) in [7, 11) is -0.129. The Kier molecular flexibility index (Phi) is 11.2. The van der Waals surface area contributed by atoms with Crippen LogP contribution in [-0.2, 0) is 28.9 Å². The smallest absolute Gasteiger partial charge is 0.280 e. The molecule has 0 spiro atoms. The molecule has 12 nitrogen and oxygen atoms in total. The molecule has 1 amide bonds. The number of ether oxygens (including phenoxy) is 3. The Bertz CT molecular complexity index is 1420. The third kappa shape index (κ3) is 8.78. The minimum Gasteiger partial charge on any atom is -0.476 e. The van der Waals surface area contributed by atoms with Crippen molar-refractivity contribution in [1.82, 2.24) is 15.3 Å². The van der Waals surface area contributed by atoms with Crippen molar-refractivity contribution in [2.75, 3.05) is 58.2 Å². The Morgan fingerprint density at radius 3 is 2.76 bits per heavy atom. The summed E-state index contributed by atoms with van der Waals surface area (Å²) in [6, 6.07) is 11.4. The summed E-state index contributed by atoms with van der Waals surface area (Å²) in [5, 5.41) is 10.3. The molecule has 2 N–H and O–H groups in total. The Balaban J connectivity index is 1.50. The van der Waals surface area contributed by atoms with Gasteiger partial charge in [0.1, 0.15) is 6.61 Å². The van der Waals surface area contributed by atoms with Gasteiger partial charge in [0.25, 0.3) is 5.91 Å². The van der Waals surface area contributed by atoms with E-state index in [2.05, 4.69) is 25.8 Å². The zero-order valence-electron chi connectivity index (χ0n) is 22.9. The van der Waals surface area contributed by atoms with Crippen molar-refractivity contribution in [2.24, 2.45) is 5.16 Å². The molecular weight excluding hydrogens is 570 g/mol. The lowest BCUT2D eigenvalue weighted by atomic mass is 10.1. The van der Waals surface area contributed by atoms with Crippen LogP contribution in [0.15, 0.2) is 58.7 Å². The number of anilines is 1. The molecule has 3 aromatic rings. The number of amides is 1. The minimum atomic E-state index is -3.50. The number of methoxy groups -OCH3 is 1. The van der Waals surface area contributed by atoms with Crippen molar-refractivity contribution in [2.45, 2.75) is 23.8 Å². The van der Waals surface area contributed by atoms with Crippen LogP contribution < -0.4 is 15.4 Å². The fourth-order valence-electron chi connectivity index (χ4n) is 3.78. The van der Waals surface area contributed by atoms with Crippen LogP contribution in [0.1, 0.15) is 18.4 Å². The number of carbonyl (C=O) groups is 1. The maximum Gasteiger partial charge on any atom is 0.280 e. The topological polar surface area (TPSA) is 150 Å². The molecule has 220 valence electrons. The highest BCUT2D eigenvalue weighted by Crippen LogP contribution is 2.29. The molecule has 3 heterocycles. The molecule has 0 unspecified atom stereocenters. The van der Waals surface area contributed by atoms with Crippen LogP contribution in [0.4, 0.5) is 5.13 Å². The number of sulfone groups is 1. The molecule has 1 aromatic carbocycles. The maximum atomic E-state index is 13.4. The molecule has 41 heavy (non-hydrogen) atoms. The average Bonchev–Trinajstić information content (AvgIpc) is 3.67. The molecule has 0 bridgehead atoms. The number of aromatic nitrogens is 2. The molecule has 1 fully saturated rings. The lowest BCUT2D eigenvalue weighted by Gasteiger charge is -2.10. The van der Waals surface area contributed by atoms with Crippen LogP contribution in [0.3, 0.4) is 0 Å². The van der Waals surface area contributed by atoms with Crippen LogP contribution >= 0.6 is 11.3 Å². The van der Waals surface area contributed by atoms with Gasteiger partial charge in [-0.2, -0.15) is 0 Å². The zero-order chi connectivity index (χ0) is 29.1. The highest BCUT2D eigenvalue weighted by molar-refractivity contribution is 7.91. The van der Waals surface area contributed by atoms with E-state index in [9.17, 15) is 13.2 Å². The number of pyridine rings is 1. The Labute approximate surface area is 243 Å². The number of hydrogen-bond acceptors (Lipinski definition) is 12. The molecule has 14 heteroatoms. The zero-order valence-corrected chi connectivity index (χ0v) is 24.5. The quantitative estimate of drug-likeness (QED) is 0.151. The second-order valence-corrected chi connectivity index (χ2v) is 12.2. The molecule has 4 rings (SSSR count). The van der Waals surface area contributed by atoms with Crippen LogP contribution in [0.2, 0.25) is 0 Å². The number of likely N-dealkylation sites (N-methyl/N-ethyl adjacent to an activating group) is 1. The van der Waals surface area contributed by atoms with Gasteiger partial charge in [-0.05, 0) is 31.7 Å². The van der Waals surface area contributed by atoms with E-state index >= 15 is 0 Å². The van der Waals surface area contributed by atoms with E-state index in [1.165, 1.54) is 42.7 Å². The van der Waals surface area contributed by atoms with Gasteiger partial charge >= 0.3 is 0 Å². The highest BCUT2D eigenvalue weighted by atomic mass is 32.2. The lowest BCUT2D eigenvalue weighted by Crippen LogP contribution is -2.25. The van der Waals surface area contributed by atoms with E-state index in [1.54, 1.807) is 12.3 Å². The number of nitrogens with zero attached hydrogens (tertiary/aromatic N) is 3. The summed E-state index contributed by atoms with van der Waals surface area (Å²) in [6.07, 6.45) is 2.37. The van der Waals surface area contributed by atoms with Gasteiger partial charge in [-0.15, -0.1) is 0 Å². The third-order valence-corrected chi connectivity index (χ3v) is 8.70. The predicted octanol–water partition coefficient (Wildman–Crippen LogP) is 2.76. The van der Waals surface area contributed by atoms with Crippen LogP contribution in [0.5, 0.6) is 5.88 Å². The van der Waals surface area contributed by atoms with Gasteiger partial charge in [0.2, 0.25) is 5.88 Å².